The maximum atomic E-state index is 3.77. The van der Waals surface area contributed by atoms with E-state index in [0.29, 0.717) is 0 Å². The van der Waals surface area contributed by atoms with Gasteiger partial charge >= 0.3 is 0 Å². The van der Waals surface area contributed by atoms with Gasteiger partial charge in [0.15, 0.2) is 0 Å². The molecule has 2 heteroatoms. The van der Waals surface area contributed by atoms with E-state index in [1.54, 1.807) is 0 Å². The molecular formula is C32H34BrN. The van der Waals surface area contributed by atoms with Gasteiger partial charge in [-0.25, -0.2) is 0 Å². The molecule has 0 fully saturated rings. The summed E-state index contributed by atoms with van der Waals surface area (Å²) in [5.41, 5.74) is 8.72. The van der Waals surface area contributed by atoms with E-state index in [2.05, 4.69) is 159 Å². The van der Waals surface area contributed by atoms with E-state index in [0.717, 1.165) is 21.5 Å². The molecule has 0 saturated carbocycles. The summed E-state index contributed by atoms with van der Waals surface area (Å²) in [4.78, 5) is 2.34. The molecular weight excluding hydrogens is 478 g/mol. The van der Waals surface area contributed by atoms with Crippen molar-refractivity contribution in [1.82, 2.24) is 0 Å². The van der Waals surface area contributed by atoms with Crippen LogP contribution in [0.15, 0.2) is 102 Å². The smallest absolute Gasteiger partial charge is 0.0468 e. The highest BCUT2D eigenvalue weighted by molar-refractivity contribution is 9.10. The van der Waals surface area contributed by atoms with Crippen LogP contribution in [0.1, 0.15) is 52.7 Å². The van der Waals surface area contributed by atoms with Crippen molar-refractivity contribution in [3.05, 3.63) is 113 Å². The lowest BCUT2D eigenvalue weighted by atomic mass is 9.86. The summed E-state index contributed by atoms with van der Waals surface area (Å²) in [7, 11) is 0. The Morgan fingerprint density at radius 3 is 1.41 bits per heavy atom. The van der Waals surface area contributed by atoms with Crippen molar-refractivity contribution in [1.29, 1.82) is 0 Å². The molecule has 4 aromatic carbocycles. The molecule has 0 aromatic heterocycles. The molecule has 0 aliphatic carbocycles. The minimum atomic E-state index is 0.121. The van der Waals surface area contributed by atoms with Crippen LogP contribution in [-0.2, 0) is 10.8 Å². The molecule has 0 aliphatic rings. The fourth-order valence-corrected chi connectivity index (χ4v) is 4.64. The third kappa shape index (κ3) is 5.28. The molecule has 0 spiro atoms. The Bertz CT molecular complexity index is 1180. The average molecular weight is 513 g/mol. The molecule has 0 heterocycles. The Morgan fingerprint density at radius 1 is 0.529 bits per heavy atom. The van der Waals surface area contributed by atoms with Crippen LogP contribution >= 0.6 is 15.9 Å². The lowest BCUT2D eigenvalue weighted by Gasteiger charge is -2.28. The van der Waals surface area contributed by atoms with Gasteiger partial charge in [0.05, 0.1) is 0 Å². The summed E-state index contributed by atoms with van der Waals surface area (Å²) in [5, 5.41) is 0. The van der Waals surface area contributed by atoms with Gasteiger partial charge in [-0.2, -0.15) is 0 Å². The van der Waals surface area contributed by atoms with E-state index in [1.807, 2.05) is 0 Å². The first-order valence-electron chi connectivity index (χ1n) is 11.9. The van der Waals surface area contributed by atoms with Crippen molar-refractivity contribution in [2.75, 3.05) is 4.90 Å². The van der Waals surface area contributed by atoms with Crippen LogP contribution in [0.25, 0.3) is 11.1 Å². The average Bonchev–Trinajstić information content (AvgIpc) is 2.80. The minimum absolute atomic E-state index is 0.121. The first kappa shape index (κ1) is 24.3. The second kappa shape index (κ2) is 9.43. The van der Waals surface area contributed by atoms with E-state index in [-0.39, 0.29) is 10.8 Å². The van der Waals surface area contributed by atoms with Crippen LogP contribution in [0.4, 0.5) is 17.1 Å². The normalized spacial score (nSPS) is 12.0. The van der Waals surface area contributed by atoms with E-state index in [4.69, 9.17) is 0 Å². The van der Waals surface area contributed by atoms with Crippen LogP contribution in [0.3, 0.4) is 0 Å². The first-order chi connectivity index (χ1) is 16.0. The van der Waals surface area contributed by atoms with Gasteiger partial charge in [0, 0.05) is 21.5 Å². The van der Waals surface area contributed by atoms with Gasteiger partial charge in [-0.1, -0.05) is 112 Å². The highest BCUT2D eigenvalue weighted by Crippen LogP contribution is 2.40. The molecule has 1 nitrogen and oxygen atoms in total. The molecule has 0 saturated heterocycles. The van der Waals surface area contributed by atoms with Crippen LogP contribution in [0, 0.1) is 0 Å². The molecule has 0 aliphatic heterocycles. The monoisotopic (exact) mass is 511 g/mol. The van der Waals surface area contributed by atoms with Crippen molar-refractivity contribution < 1.29 is 0 Å². The van der Waals surface area contributed by atoms with E-state index in [9.17, 15) is 0 Å². The molecule has 0 atom stereocenters. The zero-order chi connectivity index (χ0) is 24.5. The number of nitrogens with zero attached hydrogens (tertiary/aromatic N) is 1. The van der Waals surface area contributed by atoms with Crippen LogP contribution < -0.4 is 4.90 Å². The predicted octanol–water partition coefficient (Wildman–Crippen LogP) is 10.2. The van der Waals surface area contributed by atoms with Crippen molar-refractivity contribution in [2.45, 2.75) is 52.4 Å². The number of hydrogen-bond donors (Lipinski definition) is 0. The quantitative estimate of drug-likeness (QED) is 0.263. The molecule has 34 heavy (non-hydrogen) atoms. The van der Waals surface area contributed by atoms with Gasteiger partial charge in [-0.15, -0.1) is 0 Å². The number of benzene rings is 4. The Morgan fingerprint density at radius 2 is 0.971 bits per heavy atom. The molecule has 4 aromatic rings. The molecule has 0 unspecified atom stereocenters. The van der Waals surface area contributed by atoms with E-state index >= 15 is 0 Å². The minimum Gasteiger partial charge on any atom is -0.310 e. The van der Waals surface area contributed by atoms with Crippen LogP contribution in [-0.4, -0.2) is 0 Å². The fraction of sp³-hybridized carbons (Fsp3) is 0.250. The van der Waals surface area contributed by atoms with Crippen molar-refractivity contribution in [3.8, 4) is 11.1 Å². The Kier molecular flexibility index (Phi) is 6.73. The first-order valence-corrected chi connectivity index (χ1v) is 12.7. The van der Waals surface area contributed by atoms with Gasteiger partial charge in [0.1, 0.15) is 0 Å². The van der Waals surface area contributed by atoms with Crippen molar-refractivity contribution >= 4 is 33.0 Å². The summed E-state index contributed by atoms with van der Waals surface area (Å²) < 4.78 is 1.09. The molecule has 0 N–H and O–H groups in total. The summed E-state index contributed by atoms with van der Waals surface area (Å²) in [5.74, 6) is 0. The molecule has 174 valence electrons. The topological polar surface area (TPSA) is 3.24 Å². The number of anilines is 3. The third-order valence-corrected chi connectivity index (χ3v) is 6.97. The zero-order valence-electron chi connectivity index (χ0n) is 21.1. The third-order valence-electron chi connectivity index (χ3n) is 6.28. The van der Waals surface area contributed by atoms with Gasteiger partial charge in [-0.3, -0.25) is 0 Å². The number of rotatable bonds is 4. The van der Waals surface area contributed by atoms with Crippen LogP contribution in [0.5, 0.6) is 0 Å². The standard InChI is InChI=1S/C32H34BrN/c1-31(2,3)24-12-16-26(17-13-24)34(27-18-14-25(15-19-27)32(4,5)6)28-20-21-30(33)29(22-28)23-10-8-7-9-11-23/h7-22H,1-6H3. The summed E-state index contributed by atoms with van der Waals surface area (Å²) >= 11 is 3.77. The lowest BCUT2D eigenvalue weighted by Crippen LogP contribution is -2.14. The SMILES string of the molecule is CC(C)(C)c1ccc(N(c2ccc(C(C)(C)C)cc2)c2ccc(Br)c(-c3ccccc3)c2)cc1. The number of hydrogen-bond acceptors (Lipinski definition) is 1. The fourth-order valence-electron chi connectivity index (χ4n) is 4.16. The van der Waals surface area contributed by atoms with Gasteiger partial charge in [0.2, 0.25) is 0 Å². The maximum Gasteiger partial charge on any atom is 0.0468 e. The second-order valence-electron chi connectivity index (χ2n) is 11.0. The molecule has 0 radical (unpaired) electrons. The summed E-state index contributed by atoms with van der Waals surface area (Å²) in [6, 6.07) is 35.1. The Hall–Kier alpha value is -2.84. The predicted molar refractivity (Wildman–Crippen MR) is 152 cm³/mol. The summed E-state index contributed by atoms with van der Waals surface area (Å²) in [6.07, 6.45) is 0. The van der Waals surface area contributed by atoms with Crippen molar-refractivity contribution in [3.63, 3.8) is 0 Å². The molecule has 0 bridgehead atoms. The van der Waals surface area contributed by atoms with E-state index < -0.39 is 0 Å². The zero-order valence-corrected chi connectivity index (χ0v) is 22.6. The second-order valence-corrected chi connectivity index (χ2v) is 11.8. The highest BCUT2D eigenvalue weighted by Gasteiger charge is 2.19. The van der Waals surface area contributed by atoms with Gasteiger partial charge in [0.25, 0.3) is 0 Å². The molecule has 4 rings (SSSR count). The summed E-state index contributed by atoms with van der Waals surface area (Å²) in [6.45, 7) is 13.5. The largest absolute Gasteiger partial charge is 0.310 e. The van der Waals surface area contributed by atoms with Gasteiger partial charge < -0.3 is 4.90 Å². The Labute approximate surface area is 213 Å². The Balaban J connectivity index is 1.85. The maximum absolute atomic E-state index is 3.77. The van der Waals surface area contributed by atoms with Crippen LogP contribution in [0.2, 0.25) is 0 Å². The van der Waals surface area contributed by atoms with Gasteiger partial charge in [-0.05, 0) is 75.5 Å². The lowest BCUT2D eigenvalue weighted by molar-refractivity contribution is 0.590. The number of halogens is 1. The molecule has 0 amide bonds. The van der Waals surface area contributed by atoms with E-state index in [1.165, 1.54) is 22.3 Å². The van der Waals surface area contributed by atoms with Crippen molar-refractivity contribution in [2.24, 2.45) is 0 Å². The highest BCUT2D eigenvalue weighted by atomic mass is 79.9.